The number of aryl methyl sites for hydroxylation is 1. The van der Waals surface area contributed by atoms with Crippen LogP contribution in [0.3, 0.4) is 0 Å². The highest BCUT2D eigenvalue weighted by atomic mass is 16.5. The molecular formula is C34H31N3O6. The predicted molar refractivity (Wildman–Crippen MR) is 161 cm³/mol. The largest absolute Gasteiger partial charge is 0.493 e. The van der Waals surface area contributed by atoms with Gasteiger partial charge in [0, 0.05) is 29.6 Å². The second-order valence-corrected chi connectivity index (χ2v) is 10.9. The number of imide groups is 1. The third-order valence-corrected chi connectivity index (χ3v) is 8.06. The molecule has 1 aromatic heterocycles. The Morgan fingerprint density at radius 2 is 1.58 bits per heavy atom. The lowest BCUT2D eigenvalue weighted by molar-refractivity contribution is 0.0642. The summed E-state index contributed by atoms with van der Waals surface area (Å²) in [7, 11) is 1.59. The van der Waals surface area contributed by atoms with Crippen molar-refractivity contribution in [1.82, 2.24) is 9.88 Å². The molecule has 3 amide bonds. The predicted octanol–water partition coefficient (Wildman–Crippen LogP) is 5.30. The zero-order valence-electron chi connectivity index (χ0n) is 24.1. The summed E-state index contributed by atoms with van der Waals surface area (Å²) in [6.07, 6.45) is 2.87. The lowest BCUT2D eigenvalue weighted by Gasteiger charge is -2.24. The zero-order valence-corrected chi connectivity index (χ0v) is 24.1. The third kappa shape index (κ3) is 5.18. The van der Waals surface area contributed by atoms with Gasteiger partial charge in [0.05, 0.1) is 36.9 Å². The number of aromatic nitrogens is 1. The van der Waals surface area contributed by atoms with Gasteiger partial charge in [-0.25, -0.2) is 0 Å². The maximum Gasteiger partial charge on any atom is 0.263 e. The number of benzene rings is 3. The number of nitrogens with one attached hydrogen (secondary N) is 1. The number of aromatic amines is 1. The van der Waals surface area contributed by atoms with Crippen LogP contribution in [0, 0.1) is 0 Å². The smallest absolute Gasteiger partial charge is 0.263 e. The summed E-state index contributed by atoms with van der Waals surface area (Å²) >= 11 is 0. The summed E-state index contributed by atoms with van der Waals surface area (Å²) in [6.45, 7) is 3.96. The molecule has 0 radical (unpaired) electrons. The Bertz CT molecular complexity index is 1800. The molecule has 43 heavy (non-hydrogen) atoms. The van der Waals surface area contributed by atoms with Crippen molar-refractivity contribution in [2.75, 3.05) is 12.0 Å². The van der Waals surface area contributed by atoms with Crippen LogP contribution in [-0.2, 0) is 13.0 Å². The van der Waals surface area contributed by atoms with E-state index in [0.717, 1.165) is 29.4 Å². The van der Waals surface area contributed by atoms with E-state index < -0.39 is 17.4 Å². The van der Waals surface area contributed by atoms with E-state index >= 15 is 0 Å². The minimum absolute atomic E-state index is 0.0170. The van der Waals surface area contributed by atoms with Crippen LogP contribution in [0.4, 0.5) is 5.69 Å². The molecule has 6 rings (SSSR count). The highest BCUT2D eigenvalue weighted by Gasteiger charge is 2.38. The second-order valence-electron chi connectivity index (χ2n) is 10.9. The van der Waals surface area contributed by atoms with Crippen LogP contribution in [0.5, 0.6) is 11.5 Å². The molecular weight excluding hydrogens is 546 g/mol. The first-order valence-corrected chi connectivity index (χ1v) is 14.2. The molecule has 0 saturated heterocycles. The summed E-state index contributed by atoms with van der Waals surface area (Å²) in [5.41, 5.74) is 3.69. The van der Waals surface area contributed by atoms with Crippen molar-refractivity contribution in [3.63, 3.8) is 0 Å². The SMILES string of the molecule is COc1ccc(N2C(=O)c3cc(CN4C(=O)c5c[nH]c(=O)cc5C4=O)ccc3C2C)cc1OC(C)CCc1ccccc1. The molecule has 2 aliphatic rings. The number of amides is 3. The van der Waals surface area contributed by atoms with Gasteiger partial charge in [0.1, 0.15) is 0 Å². The number of nitrogens with zero attached hydrogens (tertiary/aromatic N) is 2. The highest BCUT2D eigenvalue weighted by molar-refractivity contribution is 6.21. The van der Waals surface area contributed by atoms with Crippen molar-refractivity contribution in [1.29, 1.82) is 0 Å². The molecule has 9 nitrogen and oxygen atoms in total. The maximum absolute atomic E-state index is 13.8. The van der Waals surface area contributed by atoms with E-state index in [0.29, 0.717) is 28.3 Å². The Hall–Kier alpha value is -5.18. The number of rotatable bonds is 9. The Morgan fingerprint density at radius 3 is 2.35 bits per heavy atom. The lowest BCUT2D eigenvalue weighted by atomic mass is 10.0. The van der Waals surface area contributed by atoms with Gasteiger partial charge in [-0.3, -0.25) is 24.1 Å². The molecule has 2 atom stereocenters. The molecule has 9 heteroatoms. The first-order chi connectivity index (χ1) is 20.7. The van der Waals surface area contributed by atoms with E-state index in [4.69, 9.17) is 9.47 Å². The minimum Gasteiger partial charge on any atom is -0.493 e. The molecule has 0 aliphatic carbocycles. The normalized spacial score (nSPS) is 16.3. The Morgan fingerprint density at radius 1 is 0.814 bits per heavy atom. The fourth-order valence-electron chi connectivity index (χ4n) is 5.77. The molecule has 0 spiro atoms. The van der Waals surface area contributed by atoms with Gasteiger partial charge in [-0.2, -0.15) is 0 Å². The summed E-state index contributed by atoms with van der Waals surface area (Å²) in [6, 6.07) is 22.0. The molecule has 0 bridgehead atoms. The minimum atomic E-state index is -0.531. The number of carbonyl (C=O) groups excluding carboxylic acids is 3. The number of hydrogen-bond acceptors (Lipinski definition) is 6. The average molecular weight is 578 g/mol. The van der Waals surface area contributed by atoms with E-state index in [-0.39, 0.29) is 35.7 Å². The summed E-state index contributed by atoms with van der Waals surface area (Å²) in [5.74, 6) is -0.0672. The number of fused-ring (bicyclic) bond motifs is 2. The number of ether oxygens (including phenoxy) is 2. The van der Waals surface area contributed by atoms with Crippen LogP contribution in [-0.4, -0.2) is 40.8 Å². The first kappa shape index (κ1) is 28.0. The molecule has 0 saturated carbocycles. The van der Waals surface area contributed by atoms with Crippen LogP contribution in [0.1, 0.15) is 74.1 Å². The van der Waals surface area contributed by atoms with E-state index in [2.05, 4.69) is 17.1 Å². The number of H-pyrrole nitrogens is 1. The Labute approximate surface area is 248 Å². The molecule has 3 aromatic carbocycles. The van der Waals surface area contributed by atoms with Crippen molar-refractivity contribution in [2.45, 2.75) is 45.4 Å². The molecule has 2 aliphatic heterocycles. The van der Waals surface area contributed by atoms with Crippen molar-refractivity contribution in [2.24, 2.45) is 0 Å². The molecule has 218 valence electrons. The van der Waals surface area contributed by atoms with Crippen LogP contribution in [0.25, 0.3) is 0 Å². The monoisotopic (exact) mass is 577 g/mol. The third-order valence-electron chi connectivity index (χ3n) is 8.06. The second kappa shape index (κ2) is 11.2. The molecule has 4 aromatic rings. The maximum atomic E-state index is 13.8. The van der Waals surface area contributed by atoms with E-state index in [1.807, 2.05) is 56.3 Å². The fourth-order valence-corrected chi connectivity index (χ4v) is 5.77. The van der Waals surface area contributed by atoms with Crippen LogP contribution in [0.15, 0.2) is 83.8 Å². The van der Waals surface area contributed by atoms with Crippen LogP contribution < -0.4 is 19.9 Å². The number of methoxy groups -OCH3 is 1. The standard InChI is InChI=1S/C34H31N3O6/c1-20(9-10-22-7-5-4-6-8-22)43-30-16-24(12-14-29(30)42-3)37-21(2)25-13-11-23(15-26(25)34(37)41)19-36-32(39)27-17-31(38)35-18-28(27)33(36)40/h4-8,11-18,20-21H,9-10,19H2,1-3H3,(H,35,38). The van der Waals surface area contributed by atoms with Gasteiger partial charge in [-0.05, 0) is 61.6 Å². The average Bonchev–Trinajstić information content (AvgIpc) is 3.40. The summed E-state index contributed by atoms with van der Waals surface area (Å²) < 4.78 is 11.9. The molecule has 0 fully saturated rings. The number of pyridine rings is 1. The van der Waals surface area contributed by atoms with Gasteiger partial charge in [-0.1, -0.05) is 42.5 Å². The highest BCUT2D eigenvalue weighted by Crippen LogP contribution is 2.41. The summed E-state index contributed by atoms with van der Waals surface area (Å²) in [5, 5.41) is 0. The van der Waals surface area contributed by atoms with Crippen molar-refractivity contribution >= 4 is 23.4 Å². The Balaban J connectivity index is 1.20. The van der Waals surface area contributed by atoms with E-state index in [9.17, 15) is 19.2 Å². The van der Waals surface area contributed by atoms with Crippen molar-refractivity contribution in [3.8, 4) is 11.5 Å². The van der Waals surface area contributed by atoms with Gasteiger partial charge in [0.25, 0.3) is 17.7 Å². The van der Waals surface area contributed by atoms with E-state index in [1.165, 1.54) is 11.8 Å². The van der Waals surface area contributed by atoms with Crippen LogP contribution in [0.2, 0.25) is 0 Å². The number of hydrogen-bond donors (Lipinski definition) is 1. The van der Waals surface area contributed by atoms with Crippen molar-refractivity contribution in [3.05, 3.63) is 123 Å². The Kier molecular flexibility index (Phi) is 7.31. The first-order valence-electron chi connectivity index (χ1n) is 14.2. The van der Waals surface area contributed by atoms with Crippen LogP contribution >= 0.6 is 0 Å². The quantitative estimate of drug-likeness (QED) is 0.271. The molecule has 3 heterocycles. The van der Waals surface area contributed by atoms with Gasteiger partial charge in [-0.15, -0.1) is 0 Å². The topological polar surface area (TPSA) is 109 Å². The molecule has 1 N–H and O–H groups in total. The number of anilines is 1. The van der Waals surface area contributed by atoms with Crippen molar-refractivity contribution < 1.29 is 23.9 Å². The number of carbonyl (C=O) groups is 3. The van der Waals surface area contributed by atoms with E-state index in [1.54, 1.807) is 24.1 Å². The zero-order chi connectivity index (χ0) is 30.2. The summed E-state index contributed by atoms with van der Waals surface area (Å²) in [4.78, 5) is 56.4. The van der Waals surface area contributed by atoms with Gasteiger partial charge in [0.2, 0.25) is 5.56 Å². The van der Waals surface area contributed by atoms with Gasteiger partial charge >= 0.3 is 0 Å². The fraction of sp³-hybridized carbons (Fsp3) is 0.235. The van der Waals surface area contributed by atoms with Gasteiger partial charge in [0.15, 0.2) is 11.5 Å². The van der Waals surface area contributed by atoms with Gasteiger partial charge < -0.3 is 19.4 Å². The molecule has 2 unspecified atom stereocenters. The lowest BCUT2D eigenvalue weighted by Crippen LogP contribution is -2.29.